The largest absolute Gasteiger partial charge is 0.398 e. The maximum atomic E-state index is 11.4. The molecule has 0 bridgehead atoms. The van der Waals surface area contributed by atoms with Crippen LogP contribution in [0.15, 0.2) is 23.1 Å². The van der Waals surface area contributed by atoms with Crippen molar-refractivity contribution in [2.24, 2.45) is 0 Å². The van der Waals surface area contributed by atoms with E-state index in [1.807, 2.05) is 6.92 Å². The molecule has 0 aliphatic rings. The second-order valence-electron chi connectivity index (χ2n) is 3.57. The minimum Gasteiger partial charge on any atom is -0.398 e. The van der Waals surface area contributed by atoms with Crippen molar-refractivity contribution in [2.45, 2.75) is 11.8 Å². The third-order valence-electron chi connectivity index (χ3n) is 2.23. The third kappa shape index (κ3) is 3.96. The van der Waals surface area contributed by atoms with E-state index >= 15 is 0 Å². The summed E-state index contributed by atoms with van der Waals surface area (Å²) in [6.07, 6.45) is 0. The van der Waals surface area contributed by atoms with Gasteiger partial charge in [-0.05, 0) is 25.1 Å². The summed E-state index contributed by atoms with van der Waals surface area (Å²) in [4.78, 5) is 23.5. The Bertz CT molecular complexity index is 449. The molecule has 0 aromatic heterocycles. The molecule has 98 valence electrons. The zero-order valence-corrected chi connectivity index (χ0v) is 11.3. The molecule has 1 rings (SSSR count). The summed E-state index contributed by atoms with van der Waals surface area (Å²) in [5.74, 6) is 0.108. The number of nitrogens with one attached hydrogen (secondary N) is 2. The van der Waals surface area contributed by atoms with E-state index in [4.69, 9.17) is 5.73 Å². The van der Waals surface area contributed by atoms with Gasteiger partial charge in [-0.25, -0.2) is 0 Å². The highest BCUT2D eigenvalue weighted by atomic mass is 32.2. The Hall–Kier alpha value is -1.69. The lowest BCUT2D eigenvalue weighted by atomic mass is 10.2. The first kappa shape index (κ1) is 14.4. The van der Waals surface area contributed by atoms with Gasteiger partial charge in [-0.3, -0.25) is 9.59 Å². The average Bonchev–Trinajstić information content (AvgIpc) is 2.36. The number of hydrogen-bond donors (Lipinski definition) is 3. The molecule has 0 spiro atoms. The monoisotopic (exact) mass is 267 g/mol. The van der Waals surface area contributed by atoms with Gasteiger partial charge in [0.25, 0.3) is 5.91 Å². The van der Waals surface area contributed by atoms with Gasteiger partial charge in [0.1, 0.15) is 0 Å². The van der Waals surface area contributed by atoms with Crippen molar-refractivity contribution in [3.05, 3.63) is 23.8 Å². The van der Waals surface area contributed by atoms with Crippen LogP contribution in [0.3, 0.4) is 0 Å². The van der Waals surface area contributed by atoms with Crippen LogP contribution in [0.1, 0.15) is 17.3 Å². The van der Waals surface area contributed by atoms with E-state index in [-0.39, 0.29) is 11.8 Å². The van der Waals surface area contributed by atoms with E-state index in [1.165, 1.54) is 11.8 Å². The summed E-state index contributed by atoms with van der Waals surface area (Å²) >= 11 is 1.35. The Balaban J connectivity index is 2.68. The zero-order chi connectivity index (χ0) is 13.5. The second-order valence-corrected chi connectivity index (χ2v) is 4.59. The Morgan fingerprint density at radius 1 is 1.39 bits per heavy atom. The molecule has 0 aliphatic carbocycles. The molecule has 18 heavy (non-hydrogen) atoms. The summed E-state index contributed by atoms with van der Waals surface area (Å²) in [5.41, 5.74) is 6.86. The first-order chi connectivity index (χ1) is 8.58. The molecule has 1 aromatic carbocycles. The summed E-state index contributed by atoms with van der Waals surface area (Å²) < 4.78 is 0. The fraction of sp³-hybridized carbons (Fsp3) is 0.333. The fourth-order valence-corrected chi connectivity index (χ4v) is 2.14. The maximum Gasteiger partial charge on any atom is 0.251 e. The van der Waals surface area contributed by atoms with Crippen LogP contribution in [0.25, 0.3) is 0 Å². The molecule has 0 radical (unpaired) electrons. The van der Waals surface area contributed by atoms with Crippen molar-refractivity contribution < 1.29 is 9.59 Å². The Morgan fingerprint density at radius 3 is 2.67 bits per heavy atom. The lowest BCUT2D eigenvalue weighted by molar-refractivity contribution is -0.118. The van der Waals surface area contributed by atoms with Gasteiger partial charge in [0, 0.05) is 29.7 Å². The number of anilines is 1. The number of rotatable bonds is 5. The summed E-state index contributed by atoms with van der Waals surface area (Å²) in [5, 5.41) is 5.24. The molecule has 0 fully saturated rings. The van der Waals surface area contributed by atoms with Gasteiger partial charge in [-0.15, -0.1) is 11.8 Å². The number of amides is 2. The van der Waals surface area contributed by atoms with E-state index in [1.54, 1.807) is 25.2 Å². The molecule has 1 aromatic rings. The van der Waals surface area contributed by atoms with Crippen LogP contribution >= 0.6 is 11.8 Å². The molecular formula is C12H17N3O2S. The topological polar surface area (TPSA) is 84.2 Å². The van der Waals surface area contributed by atoms with E-state index in [2.05, 4.69) is 10.6 Å². The highest BCUT2D eigenvalue weighted by molar-refractivity contribution is 8.00. The predicted octanol–water partition coefficient (Wildman–Crippen LogP) is 0.857. The number of carbonyl (C=O) groups is 2. The van der Waals surface area contributed by atoms with Crippen LogP contribution in [0.4, 0.5) is 5.69 Å². The molecular weight excluding hydrogens is 250 g/mol. The van der Waals surface area contributed by atoms with Crippen molar-refractivity contribution in [3.63, 3.8) is 0 Å². The van der Waals surface area contributed by atoms with Gasteiger partial charge in [0.15, 0.2) is 0 Å². The zero-order valence-electron chi connectivity index (χ0n) is 10.4. The van der Waals surface area contributed by atoms with Crippen molar-refractivity contribution in [1.29, 1.82) is 0 Å². The Kier molecular flexibility index (Phi) is 5.51. The fourth-order valence-electron chi connectivity index (χ4n) is 1.36. The van der Waals surface area contributed by atoms with Gasteiger partial charge in [-0.2, -0.15) is 0 Å². The predicted molar refractivity (Wildman–Crippen MR) is 73.7 cm³/mol. The molecule has 0 saturated heterocycles. The van der Waals surface area contributed by atoms with Crippen LogP contribution in [0.2, 0.25) is 0 Å². The molecule has 0 saturated carbocycles. The second kappa shape index (κ2) is 6.90. The number of thioether (sulfide) groups is 1. The van der Waals surface area contributed by atoms with Crippen LogP contribution in [0.5, 0.6) is 0 Å². The van der Waals surface area contributed by atoms with E-state index in [0.717, 1.165) is 4.90 Å². The van der Waals surface area contributed by atoms with Crippen LogP contribution in [-0.4, -0.2) is 31.2 Å². The van der Waals surface area contributed by atoms with Crippen LogP contribution < -0.4 is 16.4 Å². The van der Waals surface area contributed by atoms with Gasteiger partial charge in [0.05, 0.1) is 5.75 Å². The molecule has 4 N–H and O–H groups in total. The molecule has 6 heteroatoms. The summed E-state index contributed by atoms with van der Waals surface area (Å²) in [6, 6.07) is 5.05. The molecule has 0 heterocycles. The van der Waals surface area contributed by atoms with Crippen LogP contribution in [0, 0.1) is 0 Å². The van der Waals surface area contributed by atoms with Gasteiger partial charge in [0.2, 0.25) is 5.91 Å². The lowest BCUT2D eigenvalue weighted by Gasteiger charge is -2.07. The maximum absolute atomic E-state index is 11.4. The first-order valence-electron chi connectivity index (χ1n) is 5.59. The number of nitrogens with two attached hydrogens (primary N) is 1. The number of benzene rings is 1. The highest BCUT2D eigenvalue weighted by Crippen LogP contribution is 2.25. The average molecular weight is 267 g/mol. The number of nitrogen functional groups attached to an aromatic ring is 1. The van der Waals surface area contributed by atoms with E-state index < -0.39 is 0 Å². The molecule has 2 amide bonds. The van der Waals surface area contributed by atoms with Gasteiger partial charge < -0.3 is 16.4 Å². The van der Waals surface area contributed by atoms with Crippen molar-refractivity contribution in [2.75, 3.05) is 25.1 Å². The SMILES string of the molecule is CCNC(=O)CSc1ccc(C(=O)NC)cc1N. The number of carbonyl (C=O) groups excluding carboxylic acids is 2. The summed E-state index contributed by atoms with van der Waals surface area (Å²) in [6.45, 7) is 2.49. The first-order valence-corrected chi connectivity index (χ1v) is 6.58. The normalized spacial score (nSPS) is 9.89. The molecule has 0 unspecified atom stereocenters. The minimum absolute atomic E-state index is 0.0303. The third-order valence-corrected chi connectivity index (χ3v) is 3.32. The lowest BCUT2D eigenvalue weighted by Crippen LogP contribution is -2.24. The van der Waals surface area contributed by atoms with E-state index in [9.17, 15) is 9.59 Å². The highest BCUT2D eigenvalue weighted by Gasteiger charge is 2.08. The number of hydrogen-bond acceptors (Lipinski definition) is 4. The Labute approximate surface area is 111 Å². The quantitative estimate of drug-likeness (QED) is 0.545. The van der Waals surface area contributed by atoms with Crippen LogP contribution in [-0.2, 0) is 4.79 Å². The van der Waals surface area contributed by atoms with E-state index in [0.29, 0.717) is 23.5 Å². The molecule has 0 atom stereocenters. The smallest absolute Gasteiger partial charge is 0.251 e. The van der Waals surface area contributed by atoms with Crippen molar-refractivity contribution >= 4 is 29.3 Å². The summed E-state index contributed by atoms with van der Waals surface area (Å²) in [7, 11) is 1.57. The van der Waals surface area contributed by atoms with Gasteiger partial charge in [-0.1, -0.05) is 0 Å². The van der Waals surface area contributed by atoms with Crippen molar-refractivity contribution in [3.8, 4) is 0 Å². The molecule has 5 nitrogen and oxygen atoms in total. The minimum atomic E-state index is -0.179. The standard InChI is InChI=1S/C12H17N3O2S/c1-3-15-11(16)7-18-10-5-4-8(6-9(10)13)12(17)14-2/h4-6H,3,7,13H2,1-2H3,(H,14,17)(H,15,16). The Morgan fingerprint density at radius 2 is 2.11 bits per heavy atom. The van der Waals surface area contributed by atoms with Crippen molar-refractivity contribution in [1.82, 2.24) is 10.6 Å². The van der Waals surface area contributed by atoms with Gasteiger partial charge >= 0.3 is 0 Å². The molecule has 0 aliphatic heterocycles.